The van der Waals surface area contributed by atoms with E-state index in [0.29, 0.717) is 16.1 Å². The molecule has 1 aromatic rings. The largest absolute Gasteiger partial charge is 0.391 e. The van der Waals surface area contributed by atoms with Gasteiger partial charge in [-0.2, -0.15) is 0 Å². The summed E-state index contributed by atoms with van der Waals surface area (Å²) in [5.74, 6) is 0.695. The van der Waals surface area contributed by atoms with E-state index < -0.39 is 0 Å². The standard InChI is InChI=1S/C11H16ClN3OS/c1-17-11-14-9(12)6-10(15-11)13-7-4-2-3-5-8(7)16/h6-8,16H,2-5H2,1H3,(H,13,14,15). The number of aromatic nitrogens is 2. The summed E-state index contributed by atoms with van der Waals surface area (Å²) in [6, 6.07) is 1.77. The van der Waals surface area contributed by atoms with Gasteiger partial charge in [-0.25, -0.2) is 9.97 Å². The summed E-state index contributed by atoms with van der Waals surface area (Å²) in [6.07, 6.45) is 5.67. The minimum atomic E-state index is -0.296. The van der Waals surface area contributed by atoms with Crippen LogP contribution < -0.4 is 5.32 Å². The molecule has 0 spiro atoms. The molecule has 1 aliphatic carbocycles. The Bertz CT molecular complexity index is 391. The third-order valence-electron chi connectivity index (χ3n) is 2.92. The van der Waals surface area contributed by atoms with Crippen molar-refractivity contribution in [2.45, 2.75) is 43.0 Å². The van der Waals surface area contributed by atoms with Crippen LogP contribution >= 0.6 is 23.4 Å². The van der Waals surface area contributed by atoms with E-state index in [-0.39, 0.29) is 12.1 Å². The Morgan fingerprint density at radius 1 is 1.41 bits per heavy atom. The van der Waals surface area contributed by atoms with E-state index in [1.54, 1.807) is 6.07 Å². The van der Waals surface area contributed by atoms with Crippen LogP contribution in [0.15, 0.2) is 11.2 Å². The third-order valence-corrected chi connectivity index (χ3v) is 3.66. The lowest BCUT2D eigenvalue weighted by molar-refractivity contribution is 0.116. The van der Waals surface area contributed by atoms with Crippen LogP contribution in [0.1, 0.15) is 25.7 Å². The lowest BCUT2D eigenvalue weighted by Gasteiger charge is -2.28. The van der Waals surface area contributed by atoms with Gasteiger partial charge in [-0.3, -0.25) is 0 Å². The number of nitrogens with one attached hydrogen (secondary N) is 1. The number of thioether (sulfide) groups is 1. The van der Waals surface area contributed by atoms with Crippen molar-refractivity contribution in [3.8, 4) is 0 Å². The predicted molar refractivity (Wildman–Crippen MR) is 70.7 cm³/mol. The van der Waals surface area contributed by atoms with Gasteiger partial charge in [-0.1, -0.05) is 36.2 Å². The topological polar surface area (TPSA) is 58.0 Å². The van der Waals surface area contributed by atoms with Crippen LogP contribution in [0.5, 0.6) is 0 Å². The van der Waals surface area contributed by atoms with E-state index >= 15 is 0 Å². The minimum absolute atomic E-state index is 0.0735. The van der Waals surface area contributed by atoms with Crippen LogP contribution in [0.2, 0.25) is 5.15 Å². The molecular formula is C11H16ClN3OS. The fourth-order valence-electron chi connectivity index (χ4n) is 2.03. The van der Waals surface area contributed by atoms with Gasteiger partial charge in [0.25, 0.3) is 0 Å². The smallest absolute Gasteiger partial charge is 0.190 e. The molecule has 0 aromatic carbocycles. The molecule has 0 radical (unpaired) electrons. The number of hydrogen-bond donors (Lipinski definition) is 2. The summed E-state index contributed by atoms with van der Waals surface area (Å²) in [5.41, 5.74) is 0. The molecule has 0 aliphatic heterocycles. The number of anilines is 1. The van der Waals surface area contributed by atoms with Crippen molar-refractivity contribution < 1.29 is 5.11 Å². The number of aliphatic hydroxyl groups excluding tert-OH is 1. The van der Waals surface area contributed by atoms with E-state index in [2.05, 4.69) is 15.3 Å². The van der Waals surface area contributed by atoms with E-state index in [1.807, 2.05) is 6.26 Å². The van der Waals surface area contributed by atoms with Crippen molar-refractivity contribution in [1.29, 1.82) is 0 Å². The third kappa shape index (κ3) is 3.47. The van der Waals surface area contributed by atoms with Gasteiger partial charge < -0.3 is 10.4 Å². The molecule has 0 bridgehead atoms. The van der Waals surface area contributed by atoms with E-state index in [0.717, 1.165) is 25.7 Å². The van der Waals surface area contributed by atoms with Crippen LogP contribution in [0.3, 0.4) is 0 Å². The van der Waals surface area contributed by atoms with E-state index in [1.165, 1.54) is 11.8 Å². The lowest BCUT2D eigenvalue weighted by Crippen LogP contribution is -2.36. The molecule has 2 atom stereocenters. The summed E-state index contributed by atoms with van der Waals surface area (Å²) in [4.78, 5) is 8.41. The zero-order valence-corrected chi connectivity index (χ0v) is 11.3. The first-order valence-corrected chi connectivity index (χ1v) is 7.32. The zero-order chi connectivity index (χ0) is 12.3. The Balaban J connectivity index is 2.09. The van der Waals surface area contributed by atoms with E-state index in [4.69, 9.17) is 11.6 Å². The highest BCUT2D eigenvalue weighted by Crippen LogP contribution is 2.23. The van der Waals surface area contributed by atoms with Crippen LogP contribution in [0.25, 0.3) is 0 Å². The molecule has 1 aromatic heterocycles. The zero-order valence-electron chi connectivity index (χ0n) is 9.69. The summed E-state index contributed by atoms with van der Waals surface area (Å²) < 4.78 is 0. The molecule has 94 valence electrons. The molecule has 4 nitrogen and oxygen atoms in total. The molecule has 1 aliphatic rings. The highest BCUT2D eigenvalue weighted by molar-refractivity contribution is 7.98. The lowest BCUT2D eigenvalue weighted by atomic mass is 9.93. The first kappa shape index (κ1) is 12.9. The molecule has 1 fully saturated rings. The Labute approximate surface area is 110 Å². The quantitative estimate of drug-likeness (QED) is 0.504. The van der Waals surface area contributed by atoms with Crippen molar-refractivity contribution in [3.63, 3.8) is 0 Å². The maximum Gasteiger partial charge on any atom is 0.190 e. The van der Waals surface area contributed by atoms with Crippen molar-refractivity contribution in [1.82, 2.24) is 9.97 Å². The van der Waals surface area contributed by atoms with Gasteiger partial charge >= 0.3 is 0 Å². The second-order valence-corrected chi connectivity index (χ2v) is 5.33. The molecule has 1 heterocycles. The molecule has 2 rings (SSSR count). The second-order valence-electron chi connectivity index (χ2n) is 4.17. The molecular weight excluding hydrogens is 258 g/mol. The maximum atomic E-state index is 9.88. The van der Waals surface area contributed by atoms with Crippen molar-refractivity contribution in [3.05, 3.63) is 11.2 Å². The fraction of sp³-hybridized carbons (Fsp3) is 0.636. The van der Waals surface area contributed by atoms with Gasteiger partial charge in [0.05, 0.1) is 12.1 Å². The average Bonchev–Trinajstić information content (AvgIpc) is 2.31. The van der Waals surface area contributed by atoms with Gasteiger partial charge in [0.2, 0.25) is 0 Å². The highest BCUT2D eigenvalue weighted by atomic mass is 35.5. The van der Waals surface area contributed by atoms with Crippen molar-refractivity contribution in [2.75, 3.05) is 11.6 Å². The Morgan fingerprint density at radius 3 is 2.88 bits per heavy atom. The van der Waals surface area contributed by atoms with Gasteiger partial charge in [0.1, 0.15) is 11.0 Å². The normalized spacial score (nSPS) is 24.6. The molecule has 0 amide bonds. The fourth-order valence-corrected chi connectivity index (χ4v) is 2.64. The number of halogens is 1. The Kier molecular flexibility index (Phi) is 4.48. The molecule has 0 saturated heterocycles. The Hall–Kier alpha value is -0.520. The maximum absolute atomic E-state index is 9.88. The van der Waals surface area contributed by atoms with Crippen molar-refractivity contribution in [2.24, 2.45) is 0 Å². The first-order chi connectivity index (χ1) is 8.19. The molecule has 2 N–H and O–H groups in total. The molecule has 17 heavy (non-hydrogen) atoms. The number of nitrogens with zero attached hydrogens (tertiary/aromatic N) is 2. The van der Waals surface area contributed by atoms with Crippen LogP contribution in [0.4, 0.5) is 5.82 Å². The Morgan fingerprint density at radius 2 is 2.18 bits per heavy atom. The van der Waals surface area contributed by atoms with E-state index in [9.17, 15) is 5.11 Å². The minimum Gasteiger partial charge on any atom is -0.391 e. The summed E-state index contributed by atoms with van der Waals surface area (Å²) >= 11 is 7.37. The number of rotatable bonds is 3. The average molecular weight is 274 g/mol. The SMILES string of the molecule is CSc1nc(Cl)cc(NC2CCCCC2O)n1. The monoisotopic (exact) mass is 273 g/mol. The summed E-state index contributed by atoms with van der Waals surface area (Å²) in [7, 11) is 0. The highest BCUT2D eigenvalue weighted by Gasteiger charge is 2.23. The first-order valence-electron chi connectivity index (χ1n) is 5.72. The van der Waals surface area contributed by atoms with Gasteiger partial charge in [0, 0.05) is 6.07 Å². The molecule has 6 heteroatoms. The van der Waals surface area contributed by atoms with Gasteiger partial charge in [-0.05, 0) is 19.1 Å². The predicted octanol–water partition coefficient (Wildman–Crippen LogP) is 2.57. The number of hydrogen-bond acceptors (Lipinski definition) is 5. The van der Waals surface area contributed by atoms with Crippen LogP contribution in [-0.2, 0) is 0 Å². The van der Waals surface area contributed by atoms with Crippen LogP contribution in [0, 0.1) is 0 Å². The van der Waals surface area contributed by atoms with Gasteiger partial charge in [-0.15, -0.1) is 0 Å². The molecule has 1 saturated carbocycles. The summed E-state index contributed by atoms with van der Waals surface area (Å²) in [6.45, 7) is 0. The van der Waals surface area contributed by atoms with Gasteiger partial charge in [0.15, 0.2) is 5.16 Å². The molecule has 2 unspecified atom stereocenters. The summed E-state index contributed by atoms with van der Waals surface area (Å²) in [5, 5.41) is 14.2. The van der Waals surface area contributed by atoms with Crippen LogP contribution in [-0.4, -0.2) is 33.5 Å². The van der Waals surface area contributed by atoms with Crippen molar-refractivity contribution >= 4 is 29.2 Å². The number of aliphatic hydroxyl groups is 1. The second kappa shape index (κ2) is 5.89.